The highest BCUT2D eigenvalue weighted by molar-refractivity contribution is 5.46. The third kappa shape index (κ3) is 6.87. The SMILES string of the molecule is CCCN(CCc1cc(O)c(CCN(CCC)[C@H]2CCc3c(O)cccc3C2)cc1O)[C@H]1CCc2c(O)cccc2C1. The van der Waals surface area contributed by atoms with E-state index in [0.29, 0.717) is 36.4 Å². The quantitative estimate of drug-likeness (QED) is 0.195. The summed E-state index contributed by atoms with van der Waals surface area (Å²) < 4.78 is 0. The van der Waals surface area contributed by atoms with E-state index in [1.165, 1.54) is 11.1 Å². The molecule has 6 heteroatoms. The van der Waals surface area contributed by atoms with E-state index in [4.69, 9.17) is 0 Å². The molecule has 0 unspecified atom stereocenters. The van der Waals surface area contributed by atoms with Gasteiger partial charge in [-0.05, 0) is 135 Å². The highest BCUT2D eigenvalue weighted by Gasteiger charge is 2.27. The molecule has 5 rings (SSSR count). The van der Waals surface area contributed by atoms with Gasteiger partial charge in [0.1, 0.15) is 23.0 Å². The van der Waals surface area contributed by atoms with Crippen molar-refractivity contribution in [3.8, 4) is 23.0 Å². The summed E-state index contributed by atoms with van der Waals surface area (Å²) in [7, 11) is 0. The van der Waals surface area contributed by atoms with Gasteiger partial charge in [0.05, 0.1) is 0 Å². The zero-order chi connectivity index (χ0) is 29.6. The lowest BCUT2D eigenvalue weighted by Crippen LogP contribution is -2.41. The van der Waals surface area contributed by atoms with Crippen molar-refractivity contribution in [3.63, 3.8) is 0 Å². The molecule has 0 aromatic heterocycles. The van der Waals surface area contributed by atoms with E-state index in [1.807, 2.05) is 12.1 Å². The number of phenols is 4. The summed E-state index contributed by atoms with van der Waals surface area (Å²) in [6, 6.07) is 16.1. The van der Waals surface area contributed by atoms with Gasteiger partial charge in [-0.15, -0.1) is 0 Å². The Morgan fingerprint density at radius 3 is 1.43 bits per heavy atom. The fourth-order valence-electron chi connectivity index (χ4n) is 7.28. The Balaban J connectivity index is 1.21. The third-order valence-electron chi connectivity index (χ3n) is 9.53. The zero-order valence-electron chi connectivity index (χ0n) is 25.4. The molecule has 2 atom stereocenters. The number of hydrogen-bond acceptors (Lipinski definition) is 6. The van der Waals surface area contributed by atoms with Crippen molar-refractivity contribution in [1.29, 1.82) is 0 Å². The molecule has 226 valence electrons. The summed E-state index contributed by atoms with van der Waals surface area (Å²) in [5, 5.41) is 42.5. The van der Waals surface area contributed by atoms with Crippen molar-refractivity contribution in [3.05, 3.63) is 81.9 Å². The molecular weight excluding hydrogens is 524 g/mol. The smallest absolute Gasteiger partial charge is 0.119 e. The third-order valence-corrected chi connectivity index (χ3v) is 9.53. The Morgan fingerprint density at radius 1 is 0.595 bits per heavy atom. The van der Waals surface area contributed by atoms with Crippen molar-refractivity contribution in [2.75, 3.05) is 26.2 Å². The molecule has 0 radical (unpaired) electrons. The summed E-state index contributed by atoms with van der Waals surface area (Å²) in [5.74, 6) is 1.36. The summed E-state index contributed by atoms with van der Waals surface area (Å²) in [6.07, 6.45) is 9.15. The first kappa shape index (κ1) is 30.2. The molecule has 2 aliphatic rings. The number of hydrogen-bond donors (Lipinski definition) is 4. The number of benzene rings is 3. The second-order valence-corrected chi connectivity index (χ2v) is 12.3. The lowest BCUT2D eigenvalue weighted by molar-refractivity contribution is 0.180. The zero-order valence-corrected chi connectivity index (χ0v) is 25.4. The van der Waals surface area contributed by atoms with Crippen LogP contribution in [0.25, 0.3) is 0 Å². The summed E-state index contributed by atoms with van der Waals surface area (Å²) in [5.41, 5.74) is 6.25. The lowest BCUT2D eigenvalue weighted by Gasteiger charge is -2.35. The van der Waals surface area contributed by atoms with Gasteiger partial charge in [-0.3, -0.25) is 9.80 Å². The normalized spacial score (nSPS) is 18.3. The van der Waals surface area contributed by atoms with Gasteiger partial charge in [0.2, 0.25) is 0 Å². The van der Waals surface area contributed by atoms with Gasteiger partial charge in [0, 0.05) is 25.2 Å². The van der Waals surface area contributed by atoms with Crippen LogP contribution in [0.15, 0.2) is 48.5 Å². The molecule has 3 aromatic rings. The van der Waals surface area contributed by atoms with Crippen LogP contribution in [0.4, 0.5) is 0 Å². The van der Waals surface area contributed by atoms with Gasteiger partial charge in [-0.1, -0.05) is 38.1 Å². The van der Waals surface area contributed by atoms with E-state index in [2.05, 4.69) is 35.8 Å². The molecule has 0 aliphatic heterocycles. The minimum atomic E-state index is 0.266. The molecular formula is C36H48N2O4. The topological polar surface area (TPSA) is 87.4 Å². The first-order valence-electron chi connectivity index (χ1n) is 16.0. The molecule has 4 N–H and O–H groups in total. The van der Waals surface area contributed by atoms with Crippen LogP contribution in [0, 0.1) is 0 Å². The van der Waals surface area contributed by atoms with Crippen molar-refractivity contribution < 1.29 is 20.4 Å². The Labute approximate surface area is 251 Å². The molecule has 0 bridgehead atoms. The van der Waals surface area contributed by atoms with Crippen molar-refractivity contribution in [2.24, 2.45) is 0 Å². The van der Waals surface area contributed by atoms with Crippen LogP contribution in [-0.4, -0.2) is 68.5 Å². The van der Waals surface area contributed by atoms with Crippen molar-refractivity contribution in [1.82, 2.24) is 9.80 Å². The van der Waals surface area contributed by atoms with Crippen LogP contribution in [0.2, 0.25) is 0 Å². The maximum atomic E-state index is 11.0. The number of rotatable bonds is 12. The first-order chi connectivity index (χ1) is 20.4. The average Bonchev–Trinajstić information content (AvgIpc) is 2.99. The molecule has 6 nitrogen and oxygen atoms in total. The maximum absolute atomic E-state index is 11.0. The number of aromatic hydroxyl groups is 4. The number of nitrogens with zero attached hydrogens (tertiary/aromatic N) is 2. The Morgan fingerprint density at radius 2 is 1.02 bits per heavy atom. The molecule has 0 amide bonds. The molecule has 0 heterocycles. The van der Waals surface area contributed by atoms with Gasteiger partial charge >= 0.3 is 0 Å². The predicted molar refractivity (Wildman–Crippen MR) is 169 cm³/mol. The van der Waals surface area contributed by atoms with Gasteiger partial charge in [0.25, 0.3) is 0 Å². The molecule has 0 saturated heterocycles. The monoisotopic (exact) mass is 572 g/mol. The highest BCUT2D eigenvalue weighted by atomic mass is 16.3. The maximum Gasteiger partial charge on any atom is 0.119 e. The molecule has 3 aromatic carbocycles. The summed E-state index contributed by atoms with van der Waals surface area (Å²) in [4.78, 5) is 5.03. The largest absolute Gasteiger partial charge is 0.508 e. The van der Waals surface area contributed by atoms with E-state index < -0.39 is 0 Å². The van der Waals surface area contributed by atoms with Crippen LogP contribution in [0.1, 0.15) is 72.9 Å². The minimum absolute atomic E-state index is 0.266. The van der Waals surface area contributed by atoms with Crippen molar-refractivity contribution in [2.45, 2.75) is 90.1 Å². The minimum Gasteiger partial charge on any atom is -0.508 e. The van der Waals surface area contributed by atoms with E-state index in [1.54, 1.807) is 24.3 Å². The Bertz CT molecular complexity index is 1250. The predicted octanol–water partition coefficient (Wildman–Crippen LogP) is 6.13. The Kier molecular flexibility index (Phi) is 9.96. The number of fused-ring (bicyclic) bond motifs is 2. The fraction of sp³-hybridized carbons (Fsp3) is 0.500. The lowest BCUT2D eigenvalue weighted by atomic mass is 9.86. The molecule has 0 fully saturated rings. The van der Waals surface area contributed by atoms with E-state index in [0.717, 1.165) is 99.8 Å². The Hall–Kier alpha value is -3.22. The average molecular weight is 573 g/mol. The van der Waals surface area contributed by atoms with E-state index >= 15 is 0 Å². The van der Waals surface area contributed by atoms with E-state index in [9.17, 15) is 20.4 Å². The van der Waals surface area contributed by atoms with Crippen LogP contribution >= 0.6 is 0 Å². The van der Waals surface area contributed by atoms with Gasteiger partial charge < -0.3 is 20.4 Å². The highest BCUT2D eigenvalue weighted by Crippen LogP contribution is 2.34. The first-order valence-corrected chi connectivity index (χ1v) is 16.0. The molecule has 2 aliphatic carbocycles. The summed E-state index contributed by atoms with van der Waals surface area (Å²) >= 11 is 0. The summed E-state index contributed by atoms with van der Waals surface area (Å²) in [6.45, 7) is 8.02. The van der Waals surface area contributed by atoms with Crippen LogP contribution < -0.4 is 0 Å². The number of phenolic OH excluding ortho intramolecular Hbond substituents is 4. The molecule has 0 saturated carbocycles. The van der Waals surface area contributed by atoms with Gasteiger partial charge in [-0.25, -0.2) is 0 Å². The fourth-order valence-corrected chi connectivity index (χ4v) is 7.28. The van der Waals surface area contributed by atoms with Crippen LogP contribution in [-0.2, 0) is 38.5 Å². The van der Waals surface area contributed by atoms with Crippen molar-refractivity contribution >= 4 is 0 Å². The second kappa shape index (κ2) is 13.8. The second-order valence-electron chi connectivity index (χ2n) is 12.3. The van der Waals surface area contributed by atoms with Gasteiger partial charge in [0.15, 0.2) is 0 Å². The van der Waals surface area contributed by atoms with Gasteiger partial charge in [-0.2, -0.15) is 0 Å². The van der Waals surface area contributed by atoms with Crippen LogP contribution in [0.3, 0.4) is 0 Å². The molecule has 42 heavy (non-hydrogen) atoms. The van der Waals surface area contributed by atoms with Crippen LogP contribution in [0.5, 0.6) is 23.0 Å². The molecule has 0 spiro atoms. The standard InChI is InChI=1S/C36H48N2O4/c1-3-17-37(29-11-13-31-25(21-29)7-5-9-33(31)39)19-15-27-23-36(42)28(24-35(27)41)16-20-38(18-4-2)30-12-14-32-26(22-30)8-6-10-34(32)40/h5-10,23-24,29-30,39-42H,3-4,11-22H2,1-2H3/t29-,30-/m0/s1. The van der Waals surface area contributed by atoms with E-state index in [-0.39, 0.29) is 11.5 Å².